The molecule has 0 aliphatic heterocycles. The molecule has 0 atom stereocenters. The summed E-state index contributed by atoms with van der Waals surface area (Å²) in [7, 11) is 1.52. The van der Waals surface area contributed by atoms with Gasteiger partial charge in [0.2, 0.25) is 0 Å². The molecule has 0 aromatic heterocycles. The average molecular weight is 315 g/mol. The number of hydrogen-bond acceptors (Lipinski definition) is 5. The topological polar surface area (TPSA) is 89.8 Å². The summed E-state index contributed by atoms with van der Waals surface area (Å²) in [6.45, 7) is 2.17. The van der Waals surface area contributed by atoms with E-state index in [4.69, 9.17) is 16.3 Å². The minimum atomic E-state index is -0.624. The van der Waals surface area contributed by atoms with Gasteiger partial charge in [0.1, 0.15) is 5.02 Å². The van der Waals surface area contributed by atoms with E-state index in [0.717, 1.165) is 0 Å². The second-order valence-corrected chi connectivity index (χ2v) is 4.61. The Hall–Kier alpha value is -2.15. The van der Waals surface area contributed by atoms with Gasteiger partial charge >= 0.3 is 5.97 Å². The van der Waals surface area contributed by atoms with Crippen molar-refractivity contribution in [3.63, 3.8) is 0 Å². The van der Waals surface area contributed by atoms with Gasteiger partial charge in [-0.05, 0) is 19.1 Å². The molecular weight excluding hydrogens is 300 g/mol. The summed E-state index contributed by atoms with van der Waals surface area (Å²) in [5.41, 5.74) is -0.0423. The van der Waals surface area contributed by atoms with Crippen LogP contribution < -0.4 is 0 Å². The molecule has 114 valence electrons. The zero-order valence-corrected chi connectivity index (χ0v) is 12.4. The maximum atomic E-state index is 12.1. The van der Waals surface area contributed by atoms with E-state index in [0.29, 0.717) is 0 Å². The number of carbonyl (C=O) groups excluding carboxylic acids is 2. The summed E-state index contributed by atoms with van der Waals surface area (Å²) in [6.07, 6.45) is 0.0802. The van der Waals surface area contributed by atoms with Crippen molar-refractivity contribution in [3.8, 4) is 0 Å². The average Bonchev–Trinajstić information content (AvgIpc) is 2.43. The lowest BCUT2D eigenvalue weighted by Crippen LogP contribution is -2.29. The molecule has 0 bridgehead atoms. The predicted molar refractivity (Wildman–Crippen MR) is 76.3 cm³/mol. The van der Waals surface area contributed by atoms with E-state index < -0.39 is 4.92 Å². The van der Waals surface area contributed by atoms with Gasteiger partial charge < -0.3 is 9.64 Å². The van der Waals surface area contributed by atoms with Gasteiger partial charge in [-0.3, -0.25) is 19.7 Å². The predicted octanol–water partition coefficient (Wildman–Crippen LogP) is 2.27. The Balaban J connectivity index is 2.72. The monoisotopic (exact) mass is 314 g/mol. The molecule has 7 nitrogen and oxygen atoms in total. The molecule has 0 heterocycles. The Morgan fingerprint density at radius 1 is 1.43 bits per heavy atom. The molecule has 0 saturated heterocycles. The van der Waals surface area contributed by atoms with E-state index in [1.165, 1.54) is 30.1 Å². The van der Waals surface area contributed by atoms with E-state index in [1.807, 2.05) is 0 Å². The fourth-order valence-electron chi connectivity index (χ4n) is 1.60. The van der Waals surface area contributed by atoms with Gasteiger partial charge in [-0.25, -0.2) is 0 Å². The SMILES string of the molecule is CCOC(=O)CCN(C)C(=O)c1ccc([N+](=O)[O-])c(Cl)c1. The summed E-state index contributed by atoms with van der Waals surface area (Å²) in [5, 5.41) is 10.5. The molecule has 0 aliphatic rings. The number of amides is 1. The van der Waals surface area contributed by atoms with Crippen molar-refractivity contribution in [2.75, 3.05) is 20.2 Å². The number of nitro groups is 1. The fourth-order valence-corrected chi connectivity index (χ4v) is 1.85. The van der Waals surface area contributed by atoms with Crippen molar-refractivity contribution in [2.45, 2.75) is 13.3 Å². The number of carbonyl (C=O) groups is 2. The minimum absolute atomic E-state index is 0.0802. The largest absolute Gasteiger partial charge is 0.466 e. The number of nitrogens with zero attached hydrogens (tertiary/aromatic N) is 2. The lowest BCUT2D eigenvalue weighted by molar-refractivity contribution is -0.384. The first kappa shape index (κ1) is 16.9. The molecule has 8 heteroatoms. The molecule has 0 unspecified atom stereocenters. The lowest BCUT2D eigenvalue weighted by atomic mass is 10.2. The molecule has 1 aromatic rings. The first-order valence-corrected chi connectivity index (χ1v) is 6.59. The zero-order valence-electron chi connectivity index (χ0n) is 11.7. The molecule has 0 aliphatic carbocycles. The van der Waals surface area contributed by atoms with Crippen LogP contribution in [0.2, 0.25) is 5.02 Å². The Labute approximate surface area is 126 Å². The summed E-state index contributed by atoms with van der Waals surface area (Å²) in [5.74, 6) is -0.769. The maximum Gasteiger partial charge on any atom is 0.307 e. The van der Waals surface area contributed by atoms with Gasteiger partial charge in [0.25, 0.3) is 11.6 Å². The standard InChI is InChI=1S/C13H15ClN2O5/c1-3-21-12(17)6-7-15(2)13(18)9-4-5-11(16(19)20)10(14)8-9/h4-5,8H,3,6-7H2,1-2H3. The van der Waals surface area contributed by atoms with Crippen LogP contribution in [-0.2, 0) is 9.53 Å². The molecule has 1 amide bonds. The second kappa shape index (κ2) is 7.58. The molecule has 0 radical (unpaired) electrons. The number of ether oxygens (including phenoxy) is 1. The van der Waals surface area contributed by atoms with Crippen LogP contribution in [0, 0.1) is 10.1 Å². The van der Waals surface area contributed by atoms with Crippen LogP contribution in [-0.4, -0.2) is 41.9 Å². The lowest BCUT2D eigenvalue weighted by Gasteiger charge is -2.16. The van der Waals surface area contributed by atoms with E-state index in [2.05, 4.69) is 0 Å². The highest BCUT2D eigenvalue weighted by atomic mass is 35.5. The summed E-state index contributed by atoms with van der Waals surface area (Å²) in [4.78, 5) is 34.7. The van der Waals surface area contributed by atoms with Crippen LogP contribution >= 0.6 is 11.6 Å². The molecule has 21 heavy (non-hydrogen) atoms. The smallest absolute Gasteiger partial charge is 0.307 e. The first-order valence-electron chi connectivity index (χ1n) is 6.21. The Bertz CT molecular complexity index is 561. The van der Waals surface area contributed by atoms with E-state index in [-0.39, 0.29) is 47.7 Å². The number of hydrogen-bond donors (Lipinski definition) is 0. The number of esters is 1. The Morgan fingerprint density at radius 3 is 2.62 bits per heavy atom. The summed E-state index contributed by atoms with van der Waals surface area (Å²) in [6, 6.07) is 3.74. The minimum Gasteiger partial charge on any atom is -0.466 e. The number of halogens is 1. The van der Waals surface area contributed by atoms with Gasteiger partial charge in [0.05, 0.1) is 18.0 Å². The van der Waals surface area contributed by atoms with Crippen LogP contribution in [0.5, 0.6) is 0 Å². The zero-order chi connectivity index (χ0) is 16.0. The van der Waals surface area contributed by atoms with Crippen LogP contribution in [0.4, 0.5) is 5.69 Å². The molecule has 0 N–H and O–H groups in total. The Morgan fingerprint density at radius 2 is 2.10 bits per heavy atom. The Kier molecular flexibility index (Phi) is 6.10. The van der Waals surface area contributed by atoms with Crippen molar-refractivity contribution in [1.82, 2.24) is 4.90 Å². The quantitative estimate of drug-likeness (QED) is 0.456. The van der Waals surface area contributed by atoms with Crippen molar-refractivity contribution in [2.24, 2.45) is 0 Å². The van der Waals surface area contributed by atoms with E-state index >= 15 is 0 Å². The van der Waals surface area contributed by atoms with Crippen molar-refractivity contribution >= 4 is 29.2 Å². The van der Waals surface area contributed by atoms with E-state index in [9.17, 15) is 19.7 Å². The number of nitro benzene ring substituents is 1. The van der Waals surface area contributed by atoms with Crippen LogP contribution in [0.3, 0.4) is 0 Å². The van der Waals surface area contributed by atoms with Gasteiger partial charge in [-0.15, -0.1) is 0 Å². The molecule has 0 spiro atoms. The summed E-state index contributed by atoms with van der Waals surface area (Å²) < 4.78 is 4.77. The third kappa shape index (κ3) is 4.71. The number of benzene rings is 1. The van der Waals surface area contributed by atoms with Gasteiger partial charge in [-0.2, -0.15) is 0 Å². The van der Waals surface area contributed by atoms with Gasteiger partial charge in [0.15, 0.2) is 0 Å². The van der Waals surface area contributed by atoms with Crippen molar-refractivity contribution < 1.29 is 19.2 Å². The highest BCUT2D eigenvalue weighted by Crippen LogP contribution is 2.25. The fraction of sp³-hybridized carbons (Fsp3) is 0.385. The van der Waals surface area contributed by atoms with E-state index in [1.54, 1.807) is 6.92 Å². The highest BCUT2D eigenvalue weighted by molar-refractivity contribution is 6.33. The van der Waals surface area contributed by atoms with Crippen molar-refractivity contribution in [1.29, 1.82) is 0 Å². The molecular formula is C13H15ClN2O5. The molecule has 1 aromatic carbocycles. The first-order chi connectivity index (χ1) is 9.86. The second-order valence-electron chi connectivity index (χ2n) is 4.21. The normalized spacial score (nSPS) is 10.0. The molecule has 1 rings (SSSR count). The molecule has 0 fully saturated rings. The van der Waals surface area contributed by atoms with Gasteiger partial charge in [0, 0.05) is 25.2 Å². The maximum absolute atomic E-state index is 12.1. The van der Waals surface area contributed by atoms with Crippen LogP contribution in [0.25, 0.3) is 0 Å². The third-order valence-electron chi connectivity index (χ3n) is 2.69. The van der Waals surface area contributed by atoms with Crippen molar-refractivity contribution in [3.05, 3.63) is 38.9 Å². The third-order valence-corrected chi connectivity index (χ3v) is 3.00. The molecule has 0 saturated carbocycles. The van der Waals surface area contributed by atoms with Crippen LogP contribution in [0.15, 0.2) is 18.2 Å². The number of rotatable bonds is 6. The highest BCUT2D eigenvalue weighted by Gasteiger charge is 2.18. The van der Waals surface area contributed by atoms with Gasteiger partial charge in [-0.1, -0.05) is 11.6 Å². The van der Waals surface area contributed by atoms with Crippen LogP contribution in [0.1, 0.15) is 23.7 Å². The summed E-state index contributed by atoms with van der Waals surface area (Å²) >= 11 is 5.76.